The summed E-state index contributed by atoms with van der Waals surface area (Å²) in [7, 11) is 3.18. The van der Waals surface area contributed by atoms with Crippen molar-refractivity contribution in [3.8, 4) is 11.5 Å². The van der Waals surface area contributed by atoms with Gasteiger partial charge in [0.25, 0.3) is 5.92 Å². The van der Waals surface area contributed by atoms with E-state index < -0.39 is 35.4 Å². The minimum atomic E-state index is -4.91. The predicted molar refractivity (Wildman–Crippen MR) is 135 cm³/mol. The summed E-state index contributed by atoms with van der Waals surface area (Å²) in [5.74, 6) is -3.38. The van der Waals surface area contributed by atoms with Crippen LogP contribution in [0.5, 0.6) is 11.5 Å². The number of anilines is 2. The molecule has 1 heterocycles. The number of rotatable bonds is 10. The number of hydrogen-bond acceptors (Lipinski definition) is 7. The zero-order chi connectivity index (χ0) is 28.7. The lowest BCUT2D eigenvalue weighted by molar-refractivity contribution is -0.140. The summed E-state index contributed by atoms with van der Waals surface area (Å²) in [4.78, 5) is 10.5. The van der Waals surface area contributed by atoms with Gasteiger partial charge in [0.2, 0.25) is 0 Å². The maximum absolute atomic E-state index is 14.9. The van der Waals surface area contributed by atoms with E-state index in [9.17, 15) is 26.3 Å². The van der Waals surface area contributed by atoms with Gasteiger partial charge in [-0.1, -0.05) is 0 Å². The molecule has 1 saturated carbocycles. The molecule has 2 atom stereocenters. The van der Waals surface area contributed by atoms with Crippen LogP contribution in [0.4, 0.5) is 37.8 Å². The molecular formula is C26H29F6N5O2. The van der Waals surface area contributed by atoms with Gasteiger partial charge in [0.15, 0.2) is 11.5 Å². The summed E-state index contributed by atoms with van der Waals surface area (Å²) in [5, 5.41) is 3.43. The minimum absolute atomic E-state index is 0.110. The fourth-order valence-corrected chi connectivity index (χ4v) is 4.36. The first-order chi connectivity index (χ1) is 18.2. The van der Waals surface area contributed by atoms with Crippen LogP contribution in [0, 0.1) is 18.7 Å². The third-order valence-electron chi connectivity index (χ3n) is 6.56. The number of benzene rings is 2. The van der Waals surface area contributed by atoms with Crippen LogP contribution >= 0.6 is 0 Å². The topological polar surface area (TPSA) is 85.5 Å². The largest absolute Gasteiger partial charge is 0.493 e. The normalized spacial score (nSPS) is 17.4. The highest BCUT2D eigenvalue weighted by Gasteiger charge is 2.56. The summed E-state index contributed by atoms with van der Waals surface area (Å²) in [6, 6.07) is 3.97. The maximum Gasteiger partial charge on any atom is 0.419 e. The Bertz CT molecular complexity index is 1370. The Kier molecular flexibility index (Phi) is 7.75. The average molecular weight is 558 g/mol. The third kappa shape index (κ3) is 6.40. The quantitative estimate of drug-likeness (QED) is 0.240. The molecule has 1 aliphatic carbocycles. The summed E-state index contributed by atoms with van der Waals surface area (Å²) >= 11 is 0. The van der Waals surface area contributed by atoms with Gasteiger partial charge in [0.05, 0.1) is 24.2 Å². The van der Waals surface area contributed by atoms with Crippen molar-refractivity contribution in [3.05, 3.63) is 47.0 Å². The van der Waals surface area contributed by atoms with E-state index in [1.165, 1.54) is 14.0 Å². The van der Waals surface area contributed by atoms with E-state index in [0.29, 0.717) is 40.8 Å². The van der Waals surface area contributed by atoms with Crippen molar-refractivity contribution in [1.29, 1.82) is 0 Å². The van der Waals surface area contributed by atoms with Crippen LogP contribution in [-0.2, 0) is 6.18 Å². The number of likely N-dealkylation sites (N-methyl/N-ethyl adjacent to an activating group) is 1. The molecule has 0 bridgehead atoms. The number of nitrogen functional groups attached to an aromatic ring is 1. The Morgan fingerprint density at radius 3 is 2.49 bits per heavy atom. The molecule has 0 saturated heterocycles. The molecule has 2 aromatic carbocycles. The van der Waals surface area contributed by atoms with Crippen molar-refractivity contribution in [2.45, 2.75) is 38.4 Å². The summed E-state index contributed by atoms with van der Waals surface area (Å²) < 4.78 is 92.6. The predicted octanol–water partition coefficient (Wildman–Crippen LogP) is 5.83. The Morgan fingerprint density at radius 1 is 1.18 bits per heavy atom. The Morgan fingerprint density at radius 2 is 1.87 bits per heavy atom. The van der Waals surface area contributed by atoms with Gasteiger partial charge in [-0.05, 0) is 39.1 Å². The van der Waals surface area contributed by atoms with Crippen LogP contribution in [0.25, 0.3) is 10.9 Å². The van der Waals surface area contributed by atoms with E-state index in [2.05, 4.69) is 15.3 Å². The van der Waals surface area contributed by atoms with Crippen LogP contribution in [-0.4, -0.2) is 54.6 Å². The van der Waals surface area contributed by atoms with Gasteiger partial charge in [-0.2, -0.15) is 13.2 Å². The SMILES string of the molecule is COc1cc2nc(C)nc(N[C@H](C)c3cc(N)cc(C(F)(F)F)c3F)c2cc1OCCN(C)CC1CC1(F)F. The van der Waals surface area contributed by atoms with E-state index in [0.717, 1.165) is 6.07 Å². The second kappa shape index (κ2) is 10.6. The van der Waals surface area contributed by atoms with Crippen molar-refractivity contribution in [2.75, 3.05) is 44.9 Å². The second-order valence-electron chi connectivity index (χ2n) is 9.75. The molecule has 1 aliphatic rings. The van der Waals surface area contributed by atoms with Gasteiger partial charge in [-0.15, -0.1) is 0 Å². The molecule has 0 radical (unpaired) electrons. The van der Waals surface area contributed by atoms with Gasteiger partial charge in [0.1, 0.15) is 24.1 Å². The molecule has 212 valence electrons. The number of aromatic nitrogens is 2. The number of nitrogens with one attached hydrogen (secondary N) is 1. The number of methoxy groups -OCH3 is 1. The Balaban J connectivity index is 1.59. The molecule has 3 N–H and O–H groups in total. The van der Waals surface area contributed by atoms with Crippen molar-refractivity contribution >= 4 is 22.4 Å². The minimum Gasteiger partial charge on any atom is -0.493 e. The highest BCUT2D eigenvalue weighted by molar-refractivity contribution is 5.92. The number of nitrogens with zero attached hydrogens (tertiary/aromatic N) is 3. The molecule has 0 spiro atoms. The van der Waals surface area contributed by atoms with Crippen molar-refractivity contribution in [1.82, 2.24) is 14.9 Å². The van der Waals surface area contributed by atoms with Crippen LogP contribution in [0.3, 0.4) is 0 Å². The molecule has 7 nitrogen and oxygen atoms in total. The van der Waals surface area contributed by atoms with E-state index >= 15 is 0 Å². The third-order valence-corrected chi connectivity index (χ3v) is 6.56. The van der Waals surface area contributed by atoms with Gasteiger partial charge in [-0.3, -0.25) is 0 Å². The number of halogens is 6. The van der Waals surface area contributed by atoms with Crippen LogP contribution in [0.15, 0.2) is 24.3 Å². The standard InChI is InChI=1S/C26H29F6N5O2/c1-13(17-7-16(33)8-19(23(17)27)26(30,31)32)34-24-18-9-22(21(38-4)10-20(18)35-14(2)36-24)39-6-5-37(3)12-15-11-25(15,28)29/h7-10,13,15H,5-6,11-12,33H2,1-4H3,(H,34,35,36)/t13-,15?/m1/s1. The smallest absolute Gasteiger partial charge is 0.419 e. The number of hydrogen-bond donors (Lipinski definition) is 2. The summed E-state index contributed by atoms with van der Waals surface area (Å²) in [6.45, 7) is 3.93. The highest BCUT2D eigenvalue weighted by Crippen LogP contribution is 2.48. The van der Waals surface area contributed by atoms with Crippen molar-refractivity contribution in [3.63, 3.8) is 0 Å². The van der Waals surface area contributed by atoms with E-state index in [-0.39, 0.29) is 36.6 Å². The maximum atomic E-state index is 14.9. The van der Waals surface area contributed by atoms with Gasteiger partial charge in [-0.25, -0.2) is 23.1 Å². The molecule has 4 rings (SSSR count). The number of alkyl halides is 5. The molecule has 1 unspecified atom stereocenters. The first kappa shape index (κ1) is 28.5. The average Bonchev–Trinajstić information content (AvgIpc) is 3.44. The first-order valence-corrected chi connectivity index (χ1v) is 12.2. The fraction of sp³-hybridized carbons (Fsp3) is 0.462. The lowest BCUT2D eigenvalue weighted by atomic mass is 10.0. The van der Waals surface area contributed by atoms with Crippen LogP contribution in [0.1, 0.15) is 36.3 Å². The van der Waals surface area contributed by atoms with Gasteiger partial charge in [0, 0.05) is 48.1 Å². The van der Waals surface area contributed by atoms with Gasteiger partial charge < -0.3 is 25.4 Å². The second-order valence-corrected chi connectivity index (χ2v) is 9.75. The Hall–Kier alpha value is -3.48. The molecule has 1 aromatic heterocycles. The number of aryl methyl sites for hydroxylation is 1. The Labute approximate surface area is 221 Å². The van der Waals surface area contributed by atoms with E-state index in [1.54, 1.807) is 31.0 Å². The van der Waals surface area contributed by atoms with E-state index in [4.69, 9.17) is 15.2 Å². The number of nitrogens with two attached hydrogens (primary N) is 1. The highest BCUT2D eigenvalue weighted by atomic mass is 19.4. The number of fused-ring (bicyclic) bond motifs is 1. The molecule has 0 amide bonds. The first-order valence-electron chi connectivity index (χ1n) is 12.2. The molecule has 39 heavy (non-hydrogen) atoms. The van der Waals surface area contributed by atoms with E-state index in [1.807, 2.05) is 0 Å². The zero-order valence-corrected chi connectivity index (χ0v) is 21.8. The monoisotopic (exact) mass is 557 g/mol. The zero-order valence-electron chi connectivity index (χ0n) is 21.8. The molecule has 0 aliphatic heterocycles. The van der Waals surface area contributed by atoms with Gasteiger partial charge >= 0.3 is 6.18 Å². The van der Waals surface area contributed by atoms with Crippen molar-refractivity contribution in [2.24, 2.45) is 5.92 Å². The van der Waals surface area contributed by atoms with Crippen molar-refractivity contribution < 1.29 is 35.8 Å². The molecular weight excluding hydrogens is 528 g/mol. The summed E-state index contributed by atoms with van der Waals surface area (Å²) in [6.07, 6.45) is -5.02. The fourth-order valence-electron chi connectivity index (χ4n) is 4.36. The molecule has 1 fully saturated rings. The number of ether oxygens (including phenoxy) is 2. The summed E-state index contributed by atoms with van der Waals surface area (Å²) in [5.41, 5.74) is 4.14. The molecule has 3 aromatic rings. The lowest BCUT2D eigenvalue weighted by Crippen LogP contribution is -2.27. The van der Waals surface area contributed by atoms with Crippen LogP contribution in [0.2, 0.25) is 0 Å². The molecule has 13 heteroatoms. The lowest BCUT2D eigenvalue weighted by Gasteiger charge is -2.21. The van der Waals surface area contributed by atoms with Crippen LogP contribution < -0.4 is 20.5 Å².